The third-order valence-electron chi connectivity index (χ3n) is 2.71. The summed E-state index contributed by atoms with van der Waals surface area (Å²) in [5.74, 6) is 0.809. The summed E-state index contributed by atoms with van der Waals surface area (Å²) in [6.45, 7) is 0. The molecule has 0 spiro atoms. The van der Waals surface area contributed by atoms with E-state index in [9.17, 15) is 0 Å². The van der Waals surface area contributed by atoms with Gasteiger partial charge in [-0.1, -0.05) is 0 Å². The standard InChI is InChI=1S/C7H12ClN/c8-5-7-3-1-6(9-7)2-4-7/h6,9H,1-5H2. The highest BCUT2D eigenvalue weighted by Crippen LogP contribution is 2.37. The molecule has 2 aliphatic heterocycles. The maximum Gasteiger partial charge on any atom is 0.0406 e. The van der Waals surface area contributed by atoms with Crippen LogP contribution < -0.4 is 5.32 Å². The number of fused-ring (bicyclic) bond motifs is 2. The molecular formula is C7H12ClN. The summed E-state index contributed by atoms with van der Waals surface area (Å²) in [6, 6.07) is 0.809. The second-order valence-corrected chi connectivity index (χ2v) is 3.60. The molecule has 52 valence electrons. The molecule has 2 rings (SSSR count). The predicted octanol–water partition coefficient (Wildman–Crippen LogP) is 1.51. The van der Waals surface area contributed by atoms with Gasteiger partial charge in [-0.25, -0.2) is 0 Å². The fourth-order valence-electron chi connectivity index (χ4n) is 2.06. The normalized spacial score (nSPS) is 48.3. The van der Waals surface area contributed by atoms with Gasteiger partial charge in [0.25, 0.3) is 0 Å². The van der Waals surface area contributed by atoms with Crippen molar-refractivity contribution in [3.8, 4) is 0 Å². The van der Waals surface area contributed by atoms with Crippen LogP contribution in [0.15, 0.2) is 0 Å². The maximum atomic E-state index is 5.83. The number of halogens is 1. The second-order valence-electron chi connectivity index (χ2n) is 3.33. The molecule has 2 bridgehead atoms. The monoisotopic (exact) mass is 145 g/mol. The fourth-order valence-corrected chi connectivity index (χ4v) is 2.41. The van der Waals surface area contributed by atoms with Gasteiger partial charge in [-0.2, -0.15) is 0 Å². The minimum absolute atomic E-state index is 0.367. The highest BCUT2D eigenvalue weighted by atomic mass is 35.5. The average molecular weight is 146 g/mol. The van der Waals surface area contributed by atoms with Crippen LogP contribution in [0.3, 0.4) is 0 Å². The smallest absolute Gasteiger partial charge is 0.0406 e. The van der Waals surface area contributed by atoms with Crippen molar-refractivity contribution in [3.63, 3.8) is 0 Å². The second kappa shape index (κ2) is 1.86. The Kier molecular flexibility index (Phi) is 1.24. The van der Waals surface area contributed by atoms with Crippen molar-refractivity contribution in [1.29, 1.82) is 0 Å². The van der Waals surface area contributed by atoms with Gasteiger partial charge in [0.2, 0.25) is 0 Å². The Balaban J connectivity index is 2.13. The minimum atomic E-state index is 0.367. The van der Waals surface area contributed by atoms with Gasteiger partial charge in [0, 0.05) is 17.5 Å². The highest BCUT2D eigenvalue weighted by molar-refractivity contribution is 6.18. The molecule has 1 N–H and O–H groups in total. The molecule has 0 aromatic rings. The SMILES string of the molecule is ClCC12CCC(CC1)N2. The molecule has 0 aliphatic carbocycles. The minimum Gasteiger partial charge on any atom is -0.307 e. The van der Waals surface area contributed by atoms with Gasteiger partial charge in [-0.05, 0) is 25.7 Å². The third-order valence-corrected chi connectivity index (χ3v) is 3.22. The summed E-state index contributed by atoms with van der Waals surface area (Å²) in [5, 5.41) is 3.56. The van der Waals surface area contributed by atoms with E-state index < -0.39 is 0 Å². The number of rotatable bonds is 1. The zero-order chi connectivity index (χ0) is 6.32. The number of alkyl halides is 1. The summed E-state index contributed by atoms with van der Waals surface area (Å²) in [7, 11) is 0. The summed E-state index contributed by atoms with van der Waals surface area (Å²) in [4.78, 5) is 0. The first-order valence-electron chi connectivity index (χ1n) is 3.68. The van der Waals surface area contributed by atoms with Gasteiger partial charge in [-0.15, -0.1) is 11.6 Å². The van der Waals surface area contributed by atoms with Crippen molar-refractivity contribution in [2.75, 3.05) is 5.88 Å². The summed E-state index contributed by atoms with van der Waals surface area (Å²) < 4.78 is 0. The van der Waals surface area contributed by atoms with E-state index in [0.29, 0.717) is 5.54 Å². The molecule has 2 heterocycles. The lowest BCUT2D eigenvalue weighted by atomic mass is 9.90. The molecule has 2 fully saturated rings. The summed E-state index contributed by atoms with van der Waals surface area (Å²) in [5.41, 5.74) is 0.367. The zero-order valence-corrected chi connectivity index (χ0v) is 6.25. The maximum absolute atomic E-state index is 5.83. The lowest BCUT2D eigenvalue weighted by Crippen LogP contribution is -2.37. The van der Waals surface area contributed by atoms with Crippen LogP contribution >= 0.6 is 11.6 Å². The molecule has 0 aromatic carbocycles. The largest absolute Gasteiger partial charge is 0.307 e. The summed E-state index contributed by atoms with van der Waals surface area (Å²) >= 11 is 5.83. The first-order valence-corrected chi connectivity index (χ1v) is 4.22. The van der Waals surface area contributed by atoms with E-state index in [0.717, 1.165) is 11.9 Å². The number of hydrogen-bond acceptors (Lipinski definition) is 1. The fraction of sp³-hybridized carbons (Fsp3) is 1.00. The average Bonchev–Trinajstić information content (AvgIpc) is 2.46. The molecule has 0 unspecified atom stereocenters. The van der Waals surface area contributed by atoms with Crippen molar-refractivity contribution in [2.24, 2.45) is 0 Å². The molecule has 0 aromatic heterocycles. The third kappa shape index (κ3) is 0.786. The van der Waals surface area contributed by atoms with E-state index >= 15 is 0 Å². The van der Waals surface area contributed by atoms with Crippen LogP contribution in [0.4, 0.5) is 0 Å². The molecule has 2 heteroatoms. The molecule has 0 amide bonds. The van der Waals surface area contributed by atoms with Gasteiger partial charge in [0.15, 0.2) is 0 Å². The topological polar surface area (TPSA) is 12.0 Å². The van der Waals surface area contributed by atoms with Crippen LogP contribution in [0.25, 0.3) is 0 Å². The van der Waals surface area contributed by atoms with Crippen LogP contribution in [0.5, 0.6) is 0 Å². The van der Waals surface area contributed by atoms with E-state index in [-0.39, 0.29) is 0 Å². The van der Waals surface area contributed by atoms with Crippen molar-refractivity contribution >= 4 is 11.6 Å². The molecule has 0 atom stereocenters. The molecule has 1 nitrogen and oxygen atoms in total. The lowest BCUT2D eigenvalue weighted by Gasteiger charge is -2.21. The van der Waals surface area contributed by atoms with E-state index in [4.69, 9.17) is 11.6 Å². The Hall–Kier alpha value is 0.250. The van der Waals surface area contributed by atoms with Crippen LogP contribution in [-0.2, 0) is 0 Å². The number of hydrogen-bond donors (Lipinski definition) is 1. The quantitative estimate of drug-likeness (QED) is 0.552. The Morgan fingerprint density at radius 2 is 2.11 bits per heavy atom. The molecular weight excluding hydrogens is 134 g/mol. The molecule has 2 aliphatic rings. The van der Waals surface area contributed by atoms with Crippen LogP contribution in [0.2, 0.25) is 0 Å². The van der Waals surface area contributed by atoms with Gasteiger partial charge < -0.3 is 5.32 Å². The van der Waals surface area contributed by atoms with Crippen LogP contribution in [0.1, 0.15) is 25.7 Å². The first-order chi connectivity index (χ1) is 4.35. The van der Waals surface area contributed by atoms with Crippen molar-refractivity contribution in [2.45, 2.75) is 37.3 Å². The number of nitrogens with one attached hydrogen (secondary N) is 1. The van der Waals surface area contributed by atoms with E-state index in [1.807, 2.05) is 0 Å². The molecule has 0 radical (unpaired) electrons. The molecule has 9 heavy (non-hydrogen) atoms. The van der Waals surface area contributed by atoms with Gasteiger partial charge >= 0.3 is 0 Å². The Morgan fingerprint density at radius 1 is 1.44 bits per heavy atom. The van der Waals surface area contributed by atoms with Gasteiger partial charge in [-0.3, -0.25) is 0 Å². The van der Waals surface area contributed by atoms with E-state index in [1.165, 1.54) is 25.7 Å². The van der Waals surface area contributed by atoms with Crippen molar-refractivity contribution in [1.82, 2.24) is 5.32 Å². The van der Waals surface area contributed by atoms with E-state index in [1.54, 1.807) is 0 Å². The first kappa shape index (κ1) is 5.99. The predicted molar refractivity (Wildman–Crippen MR) is 38.8 cm³/mol. The van der Waals surface area contributed by atoms with Gasteiger partial charge in [0.1, 0.15) is 0 Å². The Labute approximate surface area is 60.8 Å². The molecule has 0 saturated carbocycles. The van der Waals surface area contributed by atoms with Crippen LogP contribution in [0, 0.1) is 0 Å². The van der Waals surface area contributed by atoms with Crippen molar-refractivity contribution < 1.29 is 0 Å². The highest BCUT2D eigenvalue weighted by Gasteiger charge is 2.43. The molecule has 2 saturated heterocycles. The summed E-state index contributed by atoms with van der Waals surface area (Å²) in [6.07, 6.45) is 5.32. The Bertz CT molecular complexity index is 116. The van der Waals surface area contributed by atoms with E-state index in [2.05, 4.69) is 5.32 Å². The zero-order valence-electron chi connectivity index (χ0n) is 5.49. The van der Waals surface area contributed by atoms with Crippen LogP contribution in [-0.4, -0.2) is 17.5 Å². The van der Waals surface area contributed by atoms with Crippen molar-refractivity contribution in [3.05, 3.63) is 0 Å². The van der Waals surface area contributed by atoms with Gasteiger partial charge in [0.05, 0.1) is 0 Å². The lowest BCUT2D eigenvalue weighted by molar-refractivity contribution is 0.431. The Morgan fingerprint density at radius 3 is 2.33 bits per heavy atom.